The number of nitrogens with one attached hydrogen (secondary N) is 1. The molecule has 2 aromatic carbocycles. The van der Waals surface area contributed by atoms with Gasteiger partial charge >= 0.3 is 11.9 Å². The Bertz CT molecular complexity index is 1020. The Morgan fingerprint density at radius 3 is 2.52 bits per heavy atom. The summed E-state index contributed by atoms with van der Waals surface area (Å²) in [4.78, 5) is 22.9. The first-order valence-corrected chi connectivity index (χ1v) is 8.23. The zero-order valence-corrected chi connectivity index (χ0v) is 14.9. The predicted octanol–water partition coefficient (Wildman–Crippen LogP) is 3.36. The molecule has 0 aliphatic heterocycles. The van der Waals surface area contributed by atoms with E-state index in [9.17, 15) is 9.59 Å². The van der Waals surface area contributed by atoms with E-state index in [-0.39, 0.29) is 5.76 Å². The number of carbonyl (C=O) groups is 2. The molecule has 1 amide bonds. The van der Waals surface area contributed by atoms with Crippen LogP contribution in [0.25, 0.3) is 11.0 Å². The van der Waals surface area contributed by atoms with E-state index in [1.54, 1.807) is 31.2 Å². The van der Waals surface area contributed by atoms with Crippen LogP contribution in [0.2, 0.25) is 0 Å². The Labute approximate surface area is 155 Å². The number of aryl methyl sites for hydroxylation is 1. The number of carbonyl (C=O) groups excluding carboxylic acids is 1. The Balaban J connectivity index is 1.70. The third-order valence-electron chi connectivity index (χ3n) is 4.01. The smallest absolute Gasteiger partial charge is 0.341 e. The number of hydrazone groups is 1. The van der Waals surface area contributed by atoms with E-state index >= 15 is 0 Å². The van der Waals surface area contributed by atoms with Crippen LogP contribution in [0.5, 0.6) is 5.75 Å². The zero-order chi connectivity index (χ0) is 19.4. The molecule has 0 fully saturated rings. The van der Waals surface area contributed by atoms with Crippen LogP contribution in [-0.2, 0) is 4.79 Å². The second-order valence-electron chi connectivity index (χ2n) is 5.90. The molecule has 3 aromatic rings. The summed E-state index contributed by atoms with van der Waals surface area (Å²) in [6.07, 6.45) is 0. The normalized spacial score (nSPS) is 11.4. The molecule has 0 saturated heterocycles. The maximum atomic E-state index is 12.4. The van der Waals surface area contributed by atoms with Crippen molar-refractivity contribution >= 4 is 28.6 Å². The number of fused-ring (bicyclic) bond motifs is 1. The van der Waals surface area contributed by atoms with Crippen molar-refractivity contribution in [2.75, 3.05) is 6.61 Å². The van der Waals surface area contributed by atoms with Crippen LogP contribution in [0.3, 0.4) is 0 Å². The van der Waals surface area contributed by atoms with Gasteiger partial charge in [0.05, 0.1) is 5.71 Å². The van der Waals surface area contributed by atoms with E-state index in [1.165, 1.54) is 0 Å². The molecule has 0 saturated carbocycles. The van der Waals surface area contributed by atoms with Gasteiger partial charge in [-0.15, -0.1) is 0 Å². The van der Waals surface area contributed by atoms with Crippen LogP contribution < -0.4 is 10.2 Å². The number of nitrogens with zero attached hydrogens (tertiary/aromatic N) is 1. The van der Waals surface area contributed by atoms with Crippen molar-refractivity contribution in [3.8, 4) is 5.75 Å². The van der Waals surface area contributed by atoms with Gasteiger partial charge in [-0.05, 0) is 49.7 Å². The number of benzene rings is 2. The highest BCUT2D eigenvalue weighted by atomic mass is 16.5. The van der Waals surface area contributed by atoms with Gasteiger partial charge in [0.25, 0.3) is 0 Å². The Hall–Kier alpha value is -3.61. The number of hydrogen-bond acceptors (Lipinski definition) is 5. The molecule has 27 heavy (non-hydrogen) atoms. The number of amides is 1. The van der Waals surface area contributed by atoms with Crippen LogP contribution in [0, 0.1) is 6.92 Å². The van der Waals surface area contributed by atoms with Crippen LogP contribution in [0.15, 0.2) is 58.0 Å². The Morgan fingerprint density at radius 2 is 1.85 bits per heavy atom. The minimum Gasteiger partial charge on any atom is -0.482 e. The van der Waals surface area contributed by atoms with Crippen LogP contribution >= 0.6 is 0 Å². The maximum Gasteiger partial charge on any atom is 0.341 e. The molecule has 0 bridgehead atoms. The van der Waals surface area contributed by atoms with Gasteiger partial charge in [-0.25, -0.2) is 10.2 Å². The first-order chi connectivity index (χ1) is 13.0. The SMILES string of the molecule is C/C(=N/NC(=O)c1oc2ccccc2c1C)c1ccc(OCC(=O)O)cc1. The quantitative estimate of drug-likeness (QED) is 0.514. The van der Waals surface area contributed by atoms with Gasteiger partial charge in [-0.1, -0.05) is 18.2 Å². The summed E-state index contributed by atoms with van der Waals surface area (Å²) in [7, 11) is 0. The van der Waals surface area contributed by atoms with Gasteiger partial charge in [0.15, 0.2) is 12.4 Å². The van der Waals surface area contributed by atoms with Gasteiger partial charge in [0.2, 0.25) is 0 Å². The number of hydrogen-bond donors (Lipinski definition) is 2. The molecule has 138 valence electrons. The summed E-state index contributed by atoms with van der Waals surface area (Å²) in [5, 5.41) is 13.6. The summed E-state index contributed by atoms with van der Waals surface area (Å²) >= 11 is 0. The lowest BCUT2D eigenvalue weighted by atomic mass is 10.1. The maximum absolute atomic E-state index is 12.4. The third-order valence-corrected chi connectivity index (χ3v) is 4.01. The fourth-order valence-electron chi connectivity index (χ4n) is 2.58. The molecule has 0 aliphatic rings. The lowest BCUT2D eigenvalue weighted by Gasteiger charge is -2.05. The molecule has 1 heterocycles. The van der Waals surface area contributed by atoms with Crippen molar-refractivity contribution in [2.45, 2.75) is 13.8 Å². The fraction of sp³-hybridized carbons (Fsp3) is 0.150. The molecule has 3 rings (SSSR count). The number of para-hydroxylation sites is 1. The van der Waals surface area contributed by atoms with Crippen LogP contribution in [-0.4, -0.2) is 29.3 Å². The molecular formula is C20H18N2O5. The average molecular weight is 366 g/mol. The van der Waals surface area contributed by atoms with Crippen molar-refractivity contribution in [1.29, 1.82) is 0 Å². The first-order valence-electron chi connectivity index (χ1n) is 8.23. The van der Waals surface area contributed by atoms with E-state index in [0.717, 1.165) is 16.5 Å². The van der Waals surface area contributed by atoms with Crippen molar-refractivity contribution in [2.24, 2.45) is 5.10 Å². The molecule has 7 nitrogen and oxygen atoms in total. The number of carboxylic acids is 1. The molecule has 0 spiro atoms. The van der Waals surface area contributed by atoms with Gasteiger partial charge in [0, 0.05) is 10.9 Å². The minimum absolute atomic E-state index is 0.227. The second kappa shape index (κ2) is 7.74. The number of aliphatic carboxylic acids is 1. The average Bonchev–Trinajstić information content (AvgIpc) is 3.01. The van der Waals surface area contributed by atoms with E-state index in [1.807, 2.05) is 31.2 Å². The summed E-state index contributed by atoms with van der Waals surface area (Å²) in [5.41, 5.74) is 5.26. The van der Waals surface area contributed by atoms with Crippen LogP contribution in [0.4, 0.5) is 0 Å². The molecule has 0 atom stereocenters. The molecule has 0 aliphatic carbocycles. The summed E-state index contributed by atoms with van der Waals surface area (Å²) in [6, 6.07) is 14.2. The molecule has 0 unspecified atom stereocenters. The molecule has 7 heteroatoms. The molecule has 0 radical (unpaired) electrons. The fourth-order valence-corrected chi connectivity index (χ4v) is 2.58. The van der Waals surface area contributed by atoms with E-state index in [2.05, 4.69) is 10.5 Å². The summed E-state index contributed by atoms with van der Waals surface area (Å²) in [5.74, 6) is -0.800. The number of rotatable bonds is 6. The second-order valence-corrected chi connectivity index (χ2v) is 5.90. The number of ether oxygens (including phenoxy) is 1. The van der Waals surface area contributed by atoms with Crippen molar-refractivity contribution < 1.29 is 23.8 Å². The van der Waals surface area contributed by atoms with Crippen molar-refractivity contribution in [3.63, 3.8) is 0 Å². The van der Waals surface area contributed by atoms with Gasteiger partial charge in [-0.2, -0.15) is 5.10 Å². The third kappa shape index (κ3) is 4.14. The first kappa shape index (κ1) is 18.2. The van der Waals surface area contributed by atoms with Crippen molar-refractivity contribution in [3.05, 3.63) is 65.4 Å². The number of carboxylic acid groups (broad SMARTS) is 1. The predicted molar refractivity (Wildman–Crippen MR) is 100 cm³/mol. The Kier molecular flexibility index (Phi) is 5.21. The summed E-state index contributed by atoms with van der Waals surface area (Å²) in [6.45, 7) is 3.17. The van der Waals surface area contributed by atoms with Gasteiger partial charge in [-0.3, -0.25) is 4.79 Å². The van der Waals surface area contributed by atoms with Gasteiger partial charge in [0.1, 0.15) is 11.3 Å². The Morgan fingerprint density at radius 1 is 1.15 bits per heavy atom. The lowest BCUT2D eigenvalue weighted by molar-refractivity contribution is -0.139. The monoisotopic (exact) mass is 366 g/mol. The van der Waals surface area contributed by atoms with E-state index in [0.29, 0.717) is 17.0 Å². The highest BCUT2D eigenvalue weighted by Gasteiger charge is 2.17. The van der Waals surface area contributed by atoms with E-state index in [4.69, 9.17) is 14.3 Å². The van der Waals surface area contributed by atoms with Crippen molar-refractivity contribution in [1.82, 2.24) is 5.43 Å². The van der Waals surface area contributed by atoms with E-state index < -0.39 is 18.5 Å². The zero-order valence-electron chi connectivity index (χ0n) is 14.9. The lowest BCUT2D eigenvalue weighted by Crippen LogP contribution is -2.19. The highest BCUT2D eigenvalue weighted by molar-refractivity contribution is 6.02. The standard InChI is InChI=1S/C20H18N2O5/c1-12-16-5-3-4-6-17(16)27-19(12)20(25)22-21-13(2)14-7-9-15(10-8-14)26-11-18(23)24/h3-10H,11H2,1-2H3,(H,22,25)(H,23,24)/b21-13-. The summed E-state index contributed by atoms with van der Waals surface area (Å²) < 4.78 is 10.7. The topological polar surface area (TPSA) is 101 Å². The number of furan rings is 1. The largest absolute Gasteiger partial charge is 0.482 e. The molecule has 1 aromatic heterocycles. The van der Waals surface area contributed by atoms with Crippen LogP contribution in [0.1, 0.15) is 28.6 Å². The minimum atomic E-state index is -1.04. The van der Waals surface area contributed by atoms with Gasteiger partial charge < -0.3 is 14.3 Å². The molecule has 2 N–H and O–H groups in total. The molecular weight excluding hydrogens is 348 g/mol. The highest BCUT2D eigenvalue weighted by Crippen LogP contribution is 2.24.